The molecule has 4 unspecified atom stereocenters. The summed E-state index contributed by atoms with van der Waals surface area (Å²) in [5, 5.41) is 5.68. The van der Waals surface area contributed by atoms with Crippen LogP contribution in [0.25, 0.3) is 22.3 Å². The average Bonchev–Trinajstić information content (AvgIpc) is 3.16. The predicted octanol–water partition coefficient (Wildman–Crippen LogP) is 11.6. The molecule has 0 aliphatic carbocycles. The predicted molar refractivity (Wildman–Crippen MR) is 230 cm³/mol. The number of hydrogen-bond donors (Lipinski definition) is 0. The standard InChI is InChI=1S/C47H46OP2S2/c1-7-34-23-26-40-46(44(34)35-16-10-8-11-17-35)49(30(2)3)38-25-22-33(29-41(38)51-40)28-32(6)37-24-27-43-47(45(37)36-18-12-9-13-19-36)50(31(4)5)39-20-14-15-21-42(39)52(43)48/h8-27,29-32H,7,28H2,1-6H3. The second-order valence-corrected chi connectivity index (χ2v) is 22.5. The molecular formula is C47H46OP2S2. The molecule has 0 aromatic heterocycles. The van der Waals surface area contributed by atoms with Crippen molar-refractivity contribution >= 4 is 59.6 Å². The lowest BCUT2D eigenvalue weighted by Crippen LogP contribution is -2.31. The van der Waals surface area contributed by atoms with E-state index in [1.807, 2.05) is 17.8 Å². The van der Waals surface area contributed by atoms with Crippen molar-refractivity contribution in [3.05, 3.63) is 144 Å². The van der Waals surface area contributed by atoms with E-state index in [1.54, 1.807) is 5.30 Å². The Hall–Kier alpha value is -3.32. The number of fused-ring (bicyclic) bond motifs is 4. The molecule has 2 aliphatic rings. The van der Waals surface area contributed by atoms with E-state index in [0.717, 1.165) is 22.6 Å². The molecule has 5 heteroatoms. The first-order valence-corrected chi connectivity index (χ1v) is 23.4. The fraction of sp³-hybridized carbons (Fsp3) is 0.234. The third kappa shape index (κ3) is 6.27. The second kappa shape index (κ2) is 14.8. The van der Waals surface area contributed by atoms with Crippen LogP contribution >= 0.6 is 27.6 Å². The fourth-order valence-corrected chi connectivity index (χ4v) is 17.7. The van der Waals surface area contributed by atoms with Crippen LogP contribution in [-0.4, -0.2) is 15.5 Å². The molecule has 2 heterocycles. The molecule has 0 radical (unpaired) electrons. The highest BCUT2D eigenvalue weighted by Crippen LogP contribution is 2.53. The monoisotopic (exact) mass is 752 g/mol. The van der Waals surface area contributed by atoms with E-state index in [1.165, 1.54) is 64.6 Å². The van der Waals surface area contributed by atoms with Crippen molar-refractivity contribution in [3.63, 3.8) is 0 Å². The number of benzene rings is 6. The van der Waals surface area contributed by atoms with Crippen LogP contribution in [0.5, 0.6) is 0 Å². The summed E-state index contributed by atoms with van der Waals surface area (Å²) in [7, 11) is -2.42. The Morgan fingerprint density at radius 1 is 0.596 bits per heavy atom. The van der Waals surface area contributed by atoms with Gasteiger partial charge in [0.05, 0.1) is 20.6 Å². The van der Waals surface area contributed by atoms with Gasteiger partial charge < -0.3 is 0 Å². The first-order chi connectivity index (χ1) is 25.3. The van der Waals surface area contributed by atoms with Gasteiger partial charge in [0.15, 0.2) is 0 Å². The van der Waals surface area contributed by atoms with Gasteiger partial charge in [-0.15, -0.1) is 0 Å². The van der Waals surface area contributed by atoms with Crippen molar-refractivity contribution < 1.29 is 4.21 Å². The van der Waals surface area contributed by atoms with E-state index in [-0.39, 0.29) is 5.92 Å². The lowest BCUT2D eigenvalue weighted by Gasteiger charge is -2.35. The van der Waals surface area contributed by atoms with Crippen molar-refractivity contribution in [3.8, 4) is 22.3 Å². The minimum absolute atomic E-state index is 0.275. The average molecular weight is 753 g/mol. The second-order valence-electron chi connectivity index (χ2n) is 14.6. The van der Waals surface area contributed by atoms with Gasteiger partial charge in [-0.1, -0.05) is 156 Å². The summed E-state index contributed by atoms with van der Waals surface area (Å²) in [6.45, 7) is 14.2. The quantitative estimate of drug-likeness (QED) is 0.144. The van der Waals surface area contributed by atoms with Crippen LogP contribution in [0.1, 0.15) is 64.2 Å². The third-order valence-corrected chi connectivity index (χ3v) is 19.5. The van der Waals surface area contributed by atoms with E-state index in [0.29, 0.717) is 11.3 Å². The van der Waals surface area contributed by atoms with E-state index in [2.05, 4.69) is 163 Å². The molecule has 0 spiro atoms. The number of rotatable bonds is 8. The maximum atomic E-state index is 14.2. The molecule has 1 nitrogen and oxygen atoms in total. The van der Waals surface area contributed by atoms with Gasteiger partial charge in [-0.2, -0.15) is 0 Å². The zero-order chi connectivity index (χ0) is 36.1. The van der Waals surface area contributed by atoms with E-state index >= 15 is 0 Å². The third-order valence-electron chi connectivity index (χ3n) is 10.5. The first-order valence-electron chi connectivity index (χ1n) is 18.6. The number of aryl methyl sites for hydroxylation is 1. The molecule has 0 amide bonds. The van der Waals surface area contributed by atoms with Gasteiger partial charge in [-0.05, 0) is 120 Å². The molecule has 6 aromatic rings. The van der Waals surface area contributed by atoms with Gasteiger partial charge in [0.1, 0.15) is 0 Å². The summed E-state index contributed by atoms with van der Waals surface area (Å²) in [6.07, 6.45) is 1.98. The molecule has 2 aliphatic heterocycles. The molecule has 8 rings (SSSR count). The Balaban J connectivity index is 1.21. The van der Waals surface area contributed by atoms with Gasteiger partial charge in [0.25, 0.3) is 0 Å². The molecule has 4 atom stereocenters. The van der Waals surface area contributed by atoms with E-state index in [4.69, 9.17) is 0 Å². The molecule has 6 aromatic carbocycles. The maximum absolute atomic E-state index is 14.2. The minimum Gasteiger partial charge on any atom is -0.249 e. The topological polar surface area (TPSA) is 17.1 Å². The van der Waals surface area contributed by atoms with Crippen molar-refractivity contribution in [2.75, 3.05) is 0 Å². The van der Waals surface area contributed by atoms with Crippen molar-refractivity contribution in [2.24, 2.45) is 0 Å². The van der Waals surface area contributed by atoms with Gasteiger partial charge in [0.2, 0.25) is 0 Å². The molecule has 262 valence electrons. The Morgan fingerprint density at radius 3 is 1.90 bits per heavy atom. The van der Waals surface area contributed by atoms with E-state index < -0.39 is 26.6 Å². The lowest BCUT2D eigenvalue weighted by atomic mass is 9.87. The van der Waals surface area contributed by atoms with Gasteiger partial charge in [-0.25, -0.2) is 4.21 Å². The summed E-state index contributed by atoms with van der Waals surface area (Å²) in [5.74, 6) is 0.275. The highest BCUT2D eigenvalue weighted by Gasteiger charge is 2.36. The zero-order valence-corrected chi connectivity index (χ0v) is 34.3. The normalized spacial score (nSPS) is 18.0. The molecule has 0 saturated carbocycles. The van der Waals surface area contributed by atoms with Crippen LogP contribution in [-0.2, 0) is 23.6 Å². The summed E-state index contributed by atoms with van der Waals surface area (Å²) >= 11 is 1.97. The highest BCUT2D eigenvalue weighted by molar-refractivity contribution is 8.01. The molecule has 0 saturated heterocycles. The SMILES string of the molecule is CCc1ccc2c(c1-c1ccccc1)P(C(C)C)c1ccc(CC(C)c3ccc4c(c3-c3ccccc3)P(C(C)C)c3ccccc3S4=O)cc1S2. The van der Waals surface area contributed by atoms with Crippen LogP contribution in [0.2, 0.25) is 0 Å². The molecule has 0 N–H and O–H groups in total. The summed E-state index contributed by atoms with van der Waals surface area (Å²) in [4.78, 5) is 4.83. The zero-order valence-electron chi connectivity index (χ0n) is 30.9. The molecule has 0 bridgehead atoms. The van der Waals surface area contributed by atoms with Crippen LogP contribution in [0.4, 0.5) is 0 Å². The summed E-state index contributed by atoms with van der Waals surface area (Å²) < 4.78 is 14.2. The Labute approximate surface area is 319 Å². The smallest absolute Gasteiger partial charge is 0.0863 e. The highest BCUT2D eigenvalue weighted by atomic mass is 32.2. The van der Waals surface area contributed by atoms with Crippen LogP contribution in [0, 0.1) is 0 Å². The maximum Gasteiger partial charge on any atom is 0.0863 e. The molecule has 52 heavy (non-hydrogen) atoms. The van der Waals surface area contributed by atoms with Crippen molar-refractivity contribution in [1.82, 2.24) is 0 Å². The van der Waals surface area contributed by atoms with Gasteiger partial charge >= 0.3 is 0 Å². The first kappa shape index (κ1) is 35.7. The number of hydrogen-bond acceptors (Lipinski definition) is 2. The summed E-state index contributed by atoms with van der Waals surface area (Å²) in [6, 6.07) is 47.1. The Bertz CT molecular complexity index is 2300. The van der Waals surface area contributed by atoms with E-state index in [9.17, 15) is 4.21 Å². The molecular weight excluding hydrogens is 707 g/mol. The van der Waals surface area contributed by atoms with Crippen LogP contribution in [0.15, 0.2) is 147 Å². The van der Waals surface area contributed by atoms with Gasteiger partial charge in [0, 0.05) is 20.4 Å². The van der Waals surface area contributed by atoms with Crippen molar-refractivity contribution in [2.45, 2.75) is 91.2 Å². The lowest BCUT2D eigenvalue weighted by molar-refractivity contribution is 0.683. The Morgan fingerprint density at radius 2 is 1.23 bits per heavy atom. The minimum atomic E-state index is -1.20. The van der Waals surface area contributed by atoms with Crippen LogP contribution in [0.3, 0.4) is 0 Å². The Kier molecular flexibility index (Phi) is 10.2. The van der Waals surface area contributed by atoms with Crippen LogP contribution < -0.4 is 21.2 Å². The van der Waals surface area contributed by atoms with Gasteiger partial charge in [-0.3, -0.25) is 0 Å². The largest absolute Gasteiger partial charge is 0.249 e. The fourth-order valence-electron chi connectivity index (χ4n) is 8.25. The van der Waals surface area contributed by atoms with Crippen molar-refractivity contribution in [1.29, 1.82) is 0 Å². The summed E-state index contributed by atoms with van der Waals surface area (Å²) in [5.41, 5.74) is 10.5. The molecule has 0 fully saturated rings.